The van der Waals surface area contributed by atoms with Gasteiger partial charge in [0.2, 0.25) is 11.8 Å². The molecule has 186 valence electrons. The number of rotatable bonds is 3. The first-order valence-electron chi connectivity index (χ1n) is 11.2. The number of para-hydroxylation sites is 1. The van der Waals surface area contributed by atoms with Crippen LogP contribution in [0.5, 0.6) is 0 Å². The Bertz CT molecular complexity index is 1320. The molecule has 5 rings (SSSR count). The minimum atomic E-state index is -4.84. The highest BCUT2D eigenvalue weighted by Crippen LogP contribution is 2.61. The van der Waals surface area contributed by atoms with E-state index in [9.17, 15) is 27.6 Å². The summed E-state index contributed by atoms with van der Waals surface area (Å²) in [5.41, 5.74) is -3.90. The van der Waals surface area contributed by atoms with Gasteiger partial charge in [0.1, 0.15) is 0 Å². The van der Waals surface area contributed by atoms with Crippen LogP contribution in [0.3, 0.4) is 0 Å². The number of nitriles is 1. The van der Waals surface area contributed by atoms with Gasteiger partial charge in [0.15, 0.2) is 0 Å². The van der Waals surface area contributed by atoms with Gasteiger partial charge in [0.05, 0.1) is 52.0 Å². The van der Waals surface area contributed by atoms with Gasteiger partial charge in [-0.2, -0.15) is 18.4 Å². The fourth-order valence-corrected chi connectivity index (χ4v) is 5.85. The lowest BCUT2D eigenvalue weighted by molar-refractivity contribution is -0.138. The lowest BCUT2D eigenvalue weighted by atomic mass is 9.66. The second-order valence-corrected chi connectivity index (χ2v) is 9.63. The molecule has 3 heterocycles. The van der Waals surface area contributed by atoms with E-state index in [0.717, 1.165) is 17.0 Å². The molecule has 2 aromatic rings. The van der Waals surface area contributed by atoms with Crippen LogP contribution in [0.15, 0.2) is 48.5 Å². The molecule has 2 bridgehead atoms. The summed E-state index contributed by atoms with van der Waals surface area (Å²) in [6.07, 6.45) is -4.61. The van der Waals surface area contributed by atoms with Crippen molar-refractivity contribution in [2.45, 2.75) is 43.7 Å². The number of fused-ring (bicyclic) bond motifs is 5. The maximum Gasteiger partial charge on any atom is 0.417 e. The monoisotopic (exact) mass is 498 g/mol. The first kappa shape index (κ1) is 23.8. The predicted octanol–water partition coefficient (Wildman–Crippen LogP) is 3.82. The maximum absolute atomic E-state index is 13.5. The highest BCUT2D eigenvalue weighted by molar-refractivity contribution is 6.23. The van der Waals surface area contributed by atoms with Crippen molar-refractivity contribution in [3.8, 4) is 6.07 Å². The van der Waals surface area contributed by atoms with Gasteiger partial charge in [0, 0.05) is 12.1 Å². The number of hydrogen-bond donors (Lipinski definition) is 2. The molecule has 0 radical (unpaired) electrons. The van der Waals surface area contributed by atoms with E-state index in [4.69, 9.17) is 10.00 Å². The van der Waals surface area contributed by atoms with Crippen molar-refractivity contribution < 1.29 is 32.3 Å². The number of alkyl halides is 3. The van der Waals surface area contributed by atoms with Crippen LogP contribution in [0.25, 0.3) is 0 Å². The number of carbonyl (C=O) groups is 3. The average molecular weight is 498 g/mol. The molecule has 36 heavy (non-hydrogen) atoms. The van der Waals surface area contributed by atoms with Crippen molar-refractivity contribution in [1.29, 1.82) is 5.26 Å². The summed E-state index contributed by atoms with van der Waals surface area (Å²) >= 11 is 0. The van der Waals surface area contributed by atoms with Gasteiger partial charge in [-0.15, -0.1) is 0 Å². The van der Waals surface area contributed by atoms with Gasteiger partial charge in [-0.3, -0.25) is 9.59 Å². The number of ether oxygens (including phenoxy) is 1. The van der Waals surface area contributed by atoms with Gasteiger partial charge in [0.25, 0.3) is 0 Å². The Morgan fingerprint density at radius 1 is 1.11 bits per heavy atom. The Morgan fingerprint density at radius 3 is 2.42 bits per heavy atom. The second kappa shape index (κ2) is 7.80. The number of amides is 4. The first-order chi connectivity index (χ1) is 16.9. The number of benzene rings is 2. The molecule has 3 fully saturated rings. The predicted molar refractivity (Wildman–Crippen MR) is 121 cm³/mol. The van der Waals surface area contributed by atoms with Crippen LogP contribution in [0.4, 0.5) is 29.3 Å². The van der Waals surface area contributed by atoms with E-state index in [2.05, 4.69) is 10.6 Å². The fraction of sp³-hybridized carbons (Fsp3) is 0.360. The summed E-state index contributed by atoms with van der Waals surface area (Å²) in [4.78, 5) is 40.3. The lowest BCUT2D eigenvalue weighted by Gasteiger charge is -2.35. The van der Waals surface area contributed by atoms with Crippen LogP contribution in [0.2, 0.25) is 0 Å². The average Bonchev–Trinajstić information content (AvgIpc) is 3.33. The van der Waals surface area contributed by atoms with Crippen LogP contribution in [0, 0.1) is 23.2 Å². The van der Waals surface area contributed by atoms with Crippen LogP contribution in [-0.2, 0) is 20.5 Å². The molecule has 1 unspecified atom stereocenters. The minimum Gasteiger partial charge on any atom is -0.365 e. The molecule has 2 aromatic carbocycles. The number of urea groups is 1. The smallest absolute Gasteiger partial charge is 0.365 e. The van der Waals surface area contributed by atoms with E-state index in [1.807, 2.05) is 0 Å². The Balaban J connectivity index is 1.44. The number of carbonyl (C=O) groups excluding carboxylic acids is 3. The molecule has 11 heteroatoms. The summed E-state index contributed by atoms with van der Waals surface area (Å²) in [5.74, 6) is -3.30. The number of nitrogens with zero attached hydrogens (tertiary/aromatic N) is 2. The standard InChI is InChI=1S/C25H21F3N4O4/c1-23-11-17(31-22(35)30-14-6-4-3-5-7-14)24(2,36-23)19-18(23)20(33)32(21(19)34)15-9-8-13(12-29)16(10-15)25(26,27)28/h3-10,17-19H,11H2,1-2H3,(H2,30,31,35)/t17?,18-,19+,23-,24+/m1/s1. The van der Waals surface area contributed by atoms with Crippen LogP contribution >= 0.6 is 0 Å². The van der Waals surface area contributed by atoms with Gasteiger partial charge >= 0.3 is 12.2 Å². The molecular weight excluding hydrogens is 477 g/mol. The number of imide groups is 1. The van der Waals surface area contributed by atoms with E-state index in [-0.39, 0.29) is 12.1 Å². The van der Waals surface area contributed by atoms with Gasteiger partial charge < -0.3 is 15.4 Å². The number of hydrogen-bond acceptors (Lipinski definition) is 5. The van der Waals surface area contributed by atoms with E-state index in [1.54, 1.807) is 44.2 Å². The molecule has 0 saturated carbocycles. The van der Waals surface area contributed by atoms with Gasteiger partial charge in [-0.05, 0) is 44.2 Å². The molecule has 0 spiro atoms. The molecular formula is C25H21F3N4O4. The molecule has 3 saturated heterocycles. The Morgan fingerprint density at radius 2 is 1.78 bits per heavy atom. The molecule has 0 aromatic heterocycles. The van der Waals surface area contributed by atoms with Crippen LogP contribution in [0.1, 0.15) is 31.4 Å². The second-order valence-electron chi connectivity index (χ2n) is 9.63. The molecule has 8 nitrogen and oxygen atoms in total. The van der Waals surface area contributed by atoms with Crippen LogP contribution < -0.4 is 15.5 Å². The third-order valence-electron chi connectivity index (χ3n) is 7.36. The third kappa shape index (κ3) is 3.44. The molecule has 2 N–H and O–H groups in total. The molecule has 5 atom stereocenters. The van der Waals surface area contributed by atoms with E-state index in [1.165, 1.54) is 6.07 Å². The summed E-state index contributed by atoms with van der Waals surface area (Å²) in [6.45, 7) is 3.30. The van der Waals surface area contributed by atoms with Crippen LogP contribution in [-0.4, -0.2) is 35.1 Å². The van der Waals surface area contributed by atoms with E-state index >= 15 is 0 Å². The number of nitrogens with one attached hydrogen (secondary N) is 2. The molecule has 0 aliphatic carbocycles. The molecule has 4 amide bonds. The number of halogens is 3. The summed E-state index contributed by atoms with van der Waals surface area (Å²) in [6, 6.07) is 11.8. The van der Waals surface area contributed by atoms with Crippen molar-refractivity contribution in [2.75, 3.05) is 10.2 Å². The van der Waals surface area contributed by atoms with Crippen molar-refractivity contribution in [3.63, 3.8) is 0 Å². The highest BCUT2D eigenvalue weighted by atomic mass is 19.4. The highest BCUT2D eigenvalue weighted by Gasteiger charge is 2.76. The van der Waals surface area contributed by atoms with Gasteiger partial charge in [-0.1, -0.05) is 18.2 Å². The van der Waals surface area contributed by atoms with Crippen molar-refractivity contribution in [3.05, 3.63) is 59.7 Å². The minimum absolute atomic E-state index is 0.237. The Labute approximate surface area is 204 Å². The van der Waals surface area contributed by atoms with Crippen molar-refractivity contribution in [2.24, 2.45) is 11.8 Å². The zero-order chi connectivity index (χ0) is 26.0. The zero-order valence-electron chi connectivity index (χ0n) is 19.2. The first-order valence-corrected chi connectivity index (χ1v) is 11.2. The largest absolute Gasteiger partial charge is 0.417 e. The third-order valence-corrected chi connectivity index (χ3v) is 7.36. The lowest BCUT2D eigenvalue weighted by Crippen LogP contribution is -2.57. The Kier molecular flexibility index (Phi) is 5.16. The molecule has 3 aliphatic rings. The van der Waals surface area contributed by atoms with Crippen molar-refractivity contribution >= 4 is 29.2 Å². The summed E-state index contributed by atoms with van der Waals surface area (Å²) in [5, 5.41) is 14.6. The Hall–Kier alpha value is -3.91. The summed E-state index contributed by atoms with van der Waals surface area (Å²) in [7, 11) is 0. The van der Waals surface area contributed by atoms with E-state index < -0.39 is 64.2 Å². The fourth-order valence-electron chi connectivity index (χ4n) is 5.85. The topological polar surface area (TPSA) is 112 Å². The number of anilines is 2. The van der Waals surface area contributed by atoms with Crippen molar-refractivity contribution in [1.82, 2.24) is 5.32 Å². The zero-order valence-corrected chi connectivity index (χ0v) is 19.2. The van der Waals surface area contributed by atoms with E-state index in [0.29, 0.717) is 11.8 Å². The molecule has 3 aliphatic heterocycles. The normalized spacial score (nSPS) is 30.8. The SMILES string of the molecule is C[C@]12CC(NC(=O)Nc3ccccc3)[C@](C)(O1)[C@@H]1C(=O)N(c3ccc(C#N)c(C(F)(F)F)c3)C(=O)[C@@H]12. The summed E-state index contributed by atoms with van der Waals surface area (Å²) < 4.78 is 46.7. The quantitative estimate of drug-likeness (QED) is 0.625. The van der Waals surface area contributed by atoms with Gasteiger partial charge in [-0.25, -0.2) is 9.69 Å². The maximum atomic E-state index is 13.5.